The predicted octanol–water partition coefficient (Wildman–Crippen LogP) is 4.03. The van der Waals surface area contributed by atoms with Crippen LogP contribution in [0.1, 0.15) is 44.0 Å². The molecular weight excluding hydrogens is 258 g/mol. The summed E-state index contributed by atoms with van der Waals surface area (Å²) in [6.45, 7) is 7.35. The SMILES string of the molecule is CC(C)N(CC1CC1)C(C)C(=O)c1cccc(Cl)c1. The molecule has 1 aromatic rings. The van der Waals surface area contributed by atoms with E-state index in [0.717, 1.165) is 12.5 Å². The smallest absolute Gasteiger partial charge is 0.179 e. The fraction of sp³-hybridized carbons (Fsp3) is 0.562. The van der Waals surface area contributed by atoms with Crippen LogP contribution in [0, 0.1) is 5.92 Å². The van der Waals surface area contributed by atoms with Gasteiger partial charge in [-0.15, -0.1) is 0 Å². The highest BCUT2D eigenvalue weighted by Gasteiger charge is 2.31. The van der Waals surface area contributed by atoms with Gasteiger partial charge in [-0.1, -0.05) is 23.7 Å². The van der Waals surface area contributed by atoms with Crippen LogP contribution in [0.5, 0.6) is 0 Å². The average Bonchev–Trinajstić information content (AvgIpc) is 3.18. The van der Waals surface area contributed by atoms with E-state index in [2.05, 4.69) is 18.7 Å². The summed E-state index contributed by atoms with van der Waals surface area (Å²) in [6, 6.07) is 7.55. The normalized spacial score (nSPS) is 16.9. The highest BCUT2D eigenvalue weighted by atomic mass is 35.5. The molecule has 1 unspecified atom stereocenters. The van der Waals surface area contributed by atoms with Gasteiger partial charge >= 0.3 is 0 Å². The van der Waals surface area contributed by atoms with Crippen LogP contribution in [-0.4, -0.2) is 29.3 Å². The summed E-state index contributed by atoms with van der Waals surface area (Å²) in [5.74, 6) is 0.953. The van der Waals surface area contributed by atoms with E-state index in [1.165, 1.54) is 12.8 Å². The number of benzene rings is 1. The van der Waals surface area contributed by atoms with Gasteiger partial charge < -0.3 is 0 Å². The Kier molecular flexibility index (Phi) is 4.64. The van der Waals surface area contributed by atoms with Gasteiger partial charge in [-0.05, 0) is 51.7 Å². The Morgan fingerprint density at radius 1 is 1.37 bits per heavy atom. The molecule has 104 valence electrons. The molecular formula is C16H22ClNO. The highest BCUT2D eigenvalue weighted by Crippen LogP contribution is 2.31. The van der Waals surface area contributed by atoms with Crippen molar-refractivity contribution in [3.8, 4) is 0 Å². The van der Waals surface area contributed by atoms with E-state index in [4.69, 9.17) is 11.6 Å². The Morgan fingerprint density at radius 3 is 2.58 bits per heavy atom. The van der Waals surface area contributed by atoms with Gasteiger partial charge in [0.15, 0.2) is 5.78 Å². The molecule has 0 aliphatic heterocycles. The Bertz CT molecular complexity index is 454. The number of Topliss-reactive ketones (excluding diaryl/α,β-unsaturated/α-hetero) is 1. The maximum Gasteiger partial charge on any atom is 0.179 e. The second-order valence-electron chi connectivity index (χ2n) is 5.78. The van der Waals surface area contributed by atoms with E-state index < -0.39 is 0 Å². The number of rotatable bonds is 6. The Balaban J connectivity index is 2.11. The minimum absolute atomic E-state index is 0.0842. The molecule has 0 amide bonds. The molecule has 0 N–H and O–H groups in total. The number of nitrogens with zero attached hydrogens (tertiary/aromatic N) is 1. The standard InChI is InChI=1S/C16H22ClNO/c1-11(2)18(10-13-7-8-13)12(3)16(19)14-5-4-6-15(17)9-14/h4-6,9,11-13H,7-8,10H2,1-3H3. The van der Waals surface area contributed by atoms with Gasteiger partial charge in [0, 0.05) is 23.2 Å². The third kappa shape index (κ3) is 3.80. The van der Waals surface area contributed by atoms with Crippen LogP contribution in [0.3, 0.4) is 0 Å². The summed E-state index contributed by atoms with van der Waals surface area (Å²) in [7, 11) is 0. The van der Waals surface area contributed by atoms with Crippen molar-refractivity contribution in [1.29, 1.82) is 0 Å². The quantitative estimate of drug-likeness (QED) is 0.733. The molecule has 2 rings (SSSR count). The first-order chi connectivity index (χ1) is 8.99. The number of hydrogen-bond donors (Lipinski definition) is 0. The Morgan fingerprint density at radius 2 is 2.05 bits per heavy atom. The highest BCUT2D eigenvalue weighted by molar-refractivity contribution is 6.31. The largest absolute Gasteiger partial charge is 0.292 e. The lowest BCUT2D eigenvalue weighted by atomic mass is 10.0. The van der Waals surface area contributed by atoms with Crippen molar-refractivity contribution in [2.24, 2.45) is 5.92 Å². The van der Waals surface area contributed by atoms with Crippen molar-refractivity contribution in [3.63, 3.8) is 0 Å². The topological polar surface area (TPSA) is 20.3 Å². The zero-order chi connectivity index (χ0) is 14.0. The molecule has 1 aliphatic carbocycles. The van der Waals surface area contributed by atoms with Crippen molar-refractivity contribution in [2.75, 3.05) is 6.54 Å². The maximum atomic E-state index is 12.5. The molecule has 1 aromatic carbocycles. The van der Waals surface area contributed by atoms with Gasteiger partial charge in [0.25, 0.3) is 0 Å². The van der Waals surface area contributed by atoms with Gasteiger partial charge in [-0.2, -0.15) is 0 Å². The molecule has 0 radical (unpaired) electrons. The van der Waals surface area contributed by atoms with Crippen LogP contribution in [0.4, 0.5) is 0 Å². The third-order valence-electron chi connectivity index (χ3n) is 3.82. The fourth-order valence-corrected chi connectivity index (χ4v) is 2.64. The van der Waals surface area contributed by atoms with E-state index in [1.54, 1.807) is 12.1 Å². The van der Waals surface area contributed by atoms with Crippen LogP contribution < -0.4 is 0 Å². The predicted molar refractivity (Wildman–Crippen MR) is 79.8 cm³/mol. The van der Waals surface area contributed by atoms with Crippen LogP contribution in [-0.2, 0) is 0 Å². The van der Waals surface area contributed by atoms with Gasteiger partial charge in [0.05, 0.1) is 6.04 Å². The number of hydrogen-bond acceptors (Lipinski definition) is 2. The lowest BCUT2D eigenvalue weighted by molar-refractivity contribution is 0.0778. The minimum atomic E-state index is -0.0842. The summed E-state index contributed by atoms with van der Waals surface area (Å²) in [4.78, 5) is 14.9. The summed E-state index contributed by atoms with van der Waals surface area (Å²) >= 11 is 5.96. The molecule has 19 heavy (non-hydrogen) atoms. The molecule has 1 aliphatic rings. The maximum absolute atomic E-state index is 12.5. The summed E-state index contributed by atoms with van der Waals surface area (Å²) in [5, 5.41) is 0.622. The molecule has 1 fully saturated rings. The van der Waals surface area contributed by atoms with Crippen molar-refractivity contribution in [2.45, 2.75) is 45.7 Å². The van der Waals surface area contributed by atoms with E-state index in [1.807, 2.05) is 19.1 Å². The van der Waals surface area contributed by atoms with E-state index in [-0.39, 0.29) is 11.8 Å². The molecule has 1 saturated carbocycles. The van der Waals surface area contributed by atoms with Gasteiger partial charge in [-0.3, -0.25) is 9.69 Å². The van der Waals surface area contributed by atoms with Crippen molar-refractivity contribution in [1.82, 2.24) is 4.90 Å². The molecule has 3 heteroatoms. The zero-order valence-corrected chi connectivity index (χ0v) is 12.7. The van der Waals surface area contributed by atoms with Crippen LogP contribution in [0.15, 0.2) is 24.3 Å². The van der Waals surface area contributed by atoms with Gasteiger partial charge in [-0.25, -0.2) is 0 Å². The number of carbonyl (C=O) groups excluding carboxylic acids is 1. The molecule has 0 heterocycles. The first-order valence-corrected chi connectivity index (χ1v) is 7.42. The first kappa shape index (κ1) is 14.5. The lowest BCUT2D eigenvalue weighted by Gasteiger charge is -2.32. The van der Waals surface area contributed by atoms with E-state index in [0.29, 0.717) is 16.6 Å². The van der Waals surface area contributed by atoms with Gasteiger partial charge in [0.1, 0.15) is 0 Å². The number of carbonyl (C=O) groups is 1. The second-order valence-corrected chi connectivity index (χ2v) is 6.22. The number of ketones is 1. The van der Waals surface area contributed by atoms with E-state index in [9.17, 15) is 4.79 Å². The van der Waals surface area contributed by atoms with Crippen molar-refractivity contribution in [3.05, 3.63) is 34.9 Å². The summed E-state index contributed by atoms with van der Waals surface area (Å²) in [6.07, 6.45) is 2.61. The van der Waals surface area contributed by atoms with Crippen molar-refractivity contribution >= 4 is 17.4 Å². The summed E-state index contributed by atoms with van der Waals surface area (Å²) < 4.78 is 0. The van der Waals surface area contributed by atoms with Crippen LogP contribution >= 0.6 is 11.6 Å². The first-order valence-electron chi connectivity index (χ1n) is 7.04. The third-order valence-corrected chi connectivity index (χ3v) is 4.05. The fourth-order valence-electron chi connectivity index (χ4n) is 2.45. The molecule has 0 bridgehead atoms. The Labute approximate surface area is 120 Å². The van der Waals surface area contributed by atoms with Crippen LogP contribution in [0.25, 0.3) is 0 Å². The molecule has 2 nitrogen and oxygen atoms in total. The van der Waals surface area contributed by atoms with E-state index >= 15 is 0 Å². The van der Waals surface area contributed by atoms with Gasteiger partial charge in [0.2, 0.25) is 0 Å². The molecule has 0 saturated heterocycles. The molecule has 0 spiro atoms. The Hall–Kier alpha value is -0.860. The number of halogens is 1. The summed E-state index contributed by atoms with van der Waals surface area (Å²) in [5.41, 5.74) is 0.710. The molecule has 0 aromatic heterocycles. The second kappa shape index (κ2) is 6.06. The molecule has 1 atom stereocenters. The zero-order valence-electron chi connectivity index (χ0n) is 11.9. The van der Waals surface area contributed by atoms with Crippen LogP contribution in [0.2, 0.25) is 5.02 Å². The lowest BCUT2D eigenvalue weighted by Crippen LogP contribution is -2.44. The van der Waals surface area contributed by atoms with Crippen molar-refractivity contribution < 1.29 is 4.79 Å². The monoisotopic (exact) mass is 279 g/mol. The minimum Gasteiger partial charge on any atom is -0.292 e. The average molecular weight is 280 g/mol.